The Bertz CT molecular complexity index is 222. The van der Waals surface area contributed by atoms with E-state index >= 15 is 0 Å². The van der Waals surface area contributed by atoms with Gasteiger partial charge in [0.2, 0.25) is 0 Å². The second-order valence-electron chi connectivity index (χ2n) is 3.13. The molecule has 1 unspecified atom stereocenters. The lowest BCUT2D eigenvalue weighted by atomic mass is 10.1. The van der Waals surface area contributed by atoms with E-state index in [1.165, 1.54) is 0 Å². The second kappa shape index (κ2) is 4.83. The average Bonchev–Trinajstić information content (AvgIpc) is 2.54. The number of carbonyl (C=O) groups excluding carboxylic acids is 1. The van der Waals surface area contributed by atoms with Crippen molar-refractivity contribution in [2.45, 2.75) is 13.3 Å². The normalized spacial score (nSPS) is 22.6. The van der Waals surface area contributed by atoms with E-state index in [4.69, 9.17) is 10.00 Å². The number of likely N-dealkylation sites (tertiary alicyclic amines) is 1. The van der Waals surface area contributed by atoms with Crippen molar-refractivity contribution in [3.8, 4) is 6.07 Å². The molecule has 13 heavy (non-hydrogen) atoms. The minimum absolute atomic E-state index is 0.0201. The van der Waals surface area contributed by atoms with Crippen molar-refractivity contribution in [3.05, 3.63) is 0 Å². The van der Waals surface area contributed by atoms with Gasteiger partial charge < -0.3 is 4.74 Å². The quantitative estimate of drug-likeness (QED) is 0.468. The molecule has 1 aliphatic rings. The van der Waals surface area contributed by atoms with Gasteiger partial charge in [0.05, 0.1) is 25.1 Å². The molecule has 0 saturated carbocycles. The molecule has 0 aliphatic carbocycles. The molecule has 0 radical (unpaired) electrons. The Morgan fingerprint density at radius 3 is 3.15 bits per heavy atom. The summed E-state index contributed by atoms with van der Waals surface area (Å²) in [4.78, 5) is 13.2. The average molecular weight is 182 g/mol. The first-order valence-electron chi connectivity index (χ1n) is 4.54. The van der Waals surface area contributed by atoms with Crippen LogP contribution in [0.15, 0.2) is 0 Å². The number of esters is 1. The molecule has 1 atom stereocenters. The third-order valence-corrected chi connectivity index (χ3v) is 2.19. The lowest BCUT2D eigenvalue weighted by molar-refractivity contribution is -0.147. The zero-order valence-corrected chi connectivity index (χ0v) is 7.82. The maximum absolute atomic E-state index is 11.3. The van der Waals surface area contributed by atoms with Crippen LogP contribution >= 0.6 is 0 Å². The molecule has 0 bridgehead atoms. The Hall–Kier alpha value is -1.08. The highest BCUT2D eigenvalue weighted by molar-refractivity contribution is 5.73. The van der Waals surface area contributed by atoms with E-state index in [0.29, 0.717) is 19.7 Å². The highest BCUT2D eigenvalue weighted by Gasteiger charge is 2.28. The van der Waals surface area contributed by atoms with Crippen LogP contribution in [-0.2, 0) is 9.53 Å². The van der Waals surface area contributed by atoms with Crippen molar-refractivity contribution in [3.63, 3.8) is 0 Å². The van der Waals surface area contributed by atoms with Gasteiger partial charge in [0.1, 0.15) is 0 Å². The molecule has 1 fully saturated rings. The van der Waals surface area contributed by atoms with Crippen LogP contribution < -0.4 is 0 Å². The van der Waals surface area contributed by atoms with E-state index in [9.17, 15) is 4.79 Å². The number of rotatable bonds is 3. The van der Waals surface area contributed by atoms with Crippen LogP contribution in [-0.4, -0.2) is 37.1 Å². The van der Waals surface area contributed by atoms with Crippen LogP contribution in [0.1, 0.15) is 13.3 Å². The predicted molar refractivity (Wildman–Crippen MR) is 46.8 cm³/mol. The van der Waals surface area contributed by atoms with Gasteiger partial charge in [-0.25, -0.2) is 0 Å². The predicted octanol–water partition coefficient (Wildman–Crippen LogP) is 0.395. The van der Waals surface area contributed by atoms with Gasteiger partial charge in [0, 0.05) is 13.1 Å². The van der Waals surface area contributed by atoms with Crippen LogP contribution in [0.3, 0.4) is 0 Å². The first kappa shape index (κ1) is 10.0. The number of hydrogen-bond acceptors (Lipinski definition) is 4. The molecule has 1 rings (SSSR count). The van der Waals surface area contributed by atoms with Crippen LogP contribution in [0.5, 0.6) is 0 Å². The van der Waals surface area contributed by atoms with Crippen LogP contribution in [0.2, 0.25) is 0 Å². The SMILES string of the molecule is CCOC(=O)C1CCN(CC#N)C1. The molecule has 4 heteroatoms. The molecule has 4 nitrogen and oxygen atoms in total. The number of carbonyl (C=O) groups is 1. The number of ether oxygens (including phenoxy) is 1. The molecule has 72 valence electrons. The molecular weight excluding hydrogens is 168 g/mol. The van der Waals surface area contributed by atoms with Crippen molar-refractivity contribution >= 4 is 5.97 Å². The van der Waals surface area contributed by atoms with Gasteiger partial charge in [-0.3, -0.25) is 9.69 Å². The smallest absolute Gasteiger partial charge is 0.310 e. The van der Waals surface area contributed by atoms with Crippen molar-refractivity contribution < 1.29 is 9.53 Å². The van der Waals surface area contributed by atoms with Gasteiger partial charge >= 0.3 is 5.97 Å². The first-order valence-corrected chi connectivity index (χ1v) is 4.54. The lowest BCUT2D eigenvalue weighted by Gasteiger charge is -2.10. The van der Waals surface area contributed by atoms with E-state index in [-0.39, 0.29) is 11.9 Å². The molecule has 0 spiro atoms. The molecule has 0 aromatic carbocycles. The maximum Gasteiger partial charge on any atom is 0.310 e. The Labute approximate surface area is 78.1 Å². The third-order valence-electron chi connectivity index (χ3n) is 2.19. The van der Waals surface area contributed by atoms with E-state index in [1.54, 1.807) is 6.92 Å². The largest absolute Gasteiger partial charge is 0.466 e. The van der Waals surface area contributed by atoms with Gasteiger partial charge in [-0.1, -0.05) is 0 Å². The summed E-state index contributed by atoms with van der Waals surface area (Å²) >= 11 is 0. The molecule has 0 aromatic heterocycles. The number of hydrogen-bond donors (Lipinski definition) is 0. The molecule has 1 saturated heterocycles. The van der Waals surface area contributed by atoms with Crippen LogP contribution in [0.25, 0.3) is 0 Å². The molecule has 0 N–H and O–H groups in total. The van der Waals surface area contributed by atoms with Crippen molar-refractivity contribution in [1.82, 2.24) is 4.90 Å². The van der Waals surface area contributed by atoms with Crippen LogP contribution in [0, 0.1) is 17.2 Å². The fourth-order valence-electron chi connectivity index (χ4n) is 1.53. The standard InChI is InChI=1S/C9H14N2O2/c1-2-13-9(12)8-3-5-11(7-8)6-4-10/h8H,2-3,5-7H2,1H3. The fourth-order valence-corrected chi connectivity index (χ4v) is 1.53. The highest BCUT2D eigenvalue weighted by atomic mass is 16.5. The first-order chi connectivity index (χ1) is 6.27. The Morgan fingerprint density at radius 1 is 1.77 bits per heavy atom. The van der Waals surface area contributed by atoms with Gasteiger partial charge in [0.25, 0.3) is 0 Å². The summed E-state index contributed by atoms with van der Waals surface area (Å²) < 4.78 is 4.90. The zero-order valence-electron chi connectivity index (χ0n) is 7.82. The summed E-state index contributed by atoms with van der Waals surface area (Å²) in [6, 6.07) is 2.07. The molecule has 0 aromatic rings. The van der Waals surface area contributed by atoms with Gasteiger partial charge in [-0.2, -0.15) is 5.26 Å². The topological polar surface area (TPSA) is 53.3 Å². The molecule has 0 amide bonds. The minimum atomic E-state index is -0.122. The van der Waals surface area contributed by atoms with Crippen LogP contribution in [0.4, 0.5) is 0 Å². The summed E-state index contributed by atoms with van der Waals surface area (Å²) in [6.45, 7) is 4.16. The van der Waals surface area contributed by atoms with E-state index in [0.717, 1.165) is 13.0 Å². The van der Waals surface area contributed by atoms with Crippen molar-refractivity contribution in [2.24, 2.45) is 5.92 Å². The zero-order chi connectivity index (χ0) is 9.68. The van der Waals surface area contributed by atoms with E-state index < -0.39 is 0 Å². The number of nitrogens with zero attached hydrogens (tertiary/aromatic N) is 2. The van der Waals surface area contributed by atoms with E-state index in [1.807, 2.05) is 4.90 Å². The summed E-state index contributed by atoms with van der Waals surface area (Å²) in [5.74, 6) is -0.142. The number of nitriles is 1. The summed E-state index contributed by atoms with van der Waals surface area (Å²) in [7, 11) is 0. The highest BCUT2D eigenvalue weighted by Crippen LogP contribution is 2.16. The Kier molecular flexibility index (Phi) is 3.71. The lowest BCUT2D eigenvalue weighted by Crippen LogP contribution is -2.24. The summed E-state index contributed by atoms with van der Waals surface area (Å²) in [5.41, 5.74) is 0. The maximum atomic E-state index is 11.3. The molecule has 1 aliphatic heterocycles. The van der Waals surface area contributed by atoms with E-state index in [2.05, 4.69) is 6.07 Å². The van der Waals surface area contributed by atoms with Crippen molar-refractivity contribution in [1.29, 1.82) is 5.26 Å². The summed E-state index contributed by atoms with van der Waals surface area (Å²) in [6.07, 6.45) is 0.820. The summed E-state index contributed by atoms with van der Waals surface area (Å²) in [5, 5.41) is 8.45. The molecule has 1 heterocycles. The van der Waals surface area contributed by atoms with Gasteiger partial charge in [-0.15, -0.1) is 0 Å². The third kappa shape index (κ3) is 2.71. The second-order valence-corrected chi connectivity index (χ2v) is 3.13. The monoisotopic (exact) mass is 182 g/mol. The Balaban J connectivity index is 2.32. The van der Waals surface area contributed by atoms with Gasteiger partial charge in [-0.05, 0) is 13.3 Å². The van der Waals surface area contributed by atoms with Gasteiger partial charge in [0.15, 0.2) is 0 Å². The fraction of sp³-hybridized carbons (Fsp3) is 0.778. The molecular formula is C9H14N2O2. The minimum Gasteiger partial charge on any atom is -0.466 e. The Morgan fingerprint density at radius 2 is 2.54 bits per heavy atom. The van der Waals surface area contributed by atoms with Crippen molar-refractivity contribution in [2.75, 3.05) is 26.2 Å².